The number of carboxylic acid groups (broad SMARTS) is 1. The van der Waals surface area contributed by atoms with Crippen molar-refractivity contribution in [1.29, 1.82) is 0 Å². The van der Waals surface area contributed by atoms with Crippen LogP contribution < -0.4 is 10.1 Å². The number of benzene rings is 2. The number of hydrogen-bond acceptors (Lipinski definition) is 6. The van der Waals surface area contributed by atoms with E-state index >= 15 is 0 Å². The first kappa shape index (κ1) is 22.5. The molecule has 32 heavy (non-hydrogen) atoms. The van der Waals surface area contributed by atoms with E-state index in [9.17, 15) is 19.7 Å². The number of anilines is 1. The lowest BCUT2D eigenvalue weighted by molar-refractivity contribution is -0.384. The third-order valence-electron chi connectivity index (χ3n) is 4.78. The maximum absolute atomic E-state index is 12.5. The third-order valence-corrected chi connectivity index (χ3v) is 4.78. The number of aliphatic carboxylic acids is 1. The van der Waals surface area contributed by atoms with Crippen molar-refractivity contribution in [2.24, 2.45) is 0 Å². The molecule has 0 aliphatic rings. The van der Waals surface area contributed by atoms with Crippen LogP contribution in [0.25, 0.3) is 0 Å². The fraction of sp³-hybridized carbons (Fsp3) is 0.227. The first-order valence-electron chi connectivity index (χ1n) is 9.74. The van der Waals surface area contributed by atoms with Gasteiger partial charge in [0.2, 0.25) is 0 Å². The van der Waals surface area contributed by atoms with E-state index in [1.165, 1.54) is 35.1 Å². The summed E-state index contributed by atoms with van der Waals surface area (Å²) in [5, 5.41) is 26.8. The van der Waals surface area contributed by atoms with Gasteiger partial charge in [0.1, 0.15) is 11.5 Å². The molecule has 0 saturated heterocycles. The topological polar surface area (TPSA) is 137 Å². The van der Waals surface area contributed by atoms with E-state index in [4.69, 9.17) is 9.84 Å². The number of carbonyl (C=O) groups excluding carboxylic acids is 1. The number of nitro benzene ring substituents is 1. The van der Waals surface area contributed by atoms with Gasteiger partial charge in [-0.05, 0) is 49.6 Å². The first-order valence-corrected chi connectivity index (χ1v) is 9.74. The average molecular weight is 438 g/mol. The Bertz CT molecular complexity index is 1200. The predicted molar refractivity (Wildman–Crippen MR) is 116 cm³/mol. The number of non-ortho nitro benzene ring substituents is 1. The molecule has 2 N–H and O–H groups in total. The van der Waals surface area contributed by atoms with Gasteiger partial charge in [-0.15, -0.1) is 0 Å². The van der Waals surface area contributed by atoms with Crippen molar-refractivity contribution >= 4 is 23.3 Å². The van der Waals surface area contributed by atoms with Gasteiger partial charge < -0.3 is 15.2 Å². The SMILES string of the molecule is Cc1cc(C)c(C)c(Oc2cc(NC(=O)c3ccn(CCC(=O)O)n3)cc([N+](=O)[O-])c2)c1. The highest BCUT2D eigenvalue weighted by Crippen LogP contribution is 2.33. The van der Waals surface area contributed by atoms with Gasteiger partial charge in [0, 0.05) is 18.3 Å². The van der Waals surface area contributed by atoms with Crippen molar-refractivity contribution in [3.05, 3.63) is 75.1 Å². The fourth-order valence-electron chi connectivity index (χ4n) is 3.07. The van der Waals surface area contributed by atoms with Gasteiger partial charge >= 0.3 is 5.97 Å². The number of aromatic nitrogens is 2. The van der Waals surface area contributed by atoms with Gasteiger partial charge in [-0.25, -0.2) is 0 Å². The van der Waals surface area contributed by atoms with E-state index in [1.54, 1.807) is 0 Å². The third kappa shape index (κ3) is 5.48. The summed E-state index contributed by atoms with van der Waals surface area (Å²) in [5.41, 5.74) is 2.89. The van der Waals surface area contributed by atoms with Gasteiger partial charge in [0.15, 0.2) is 5.69 Å². The summed E-state index contributed by atoms with van der Waals surface area (Å²) in [5.74, 6) is -0.796. The molecule has 10 nitrogen and oxygen atoms in total. The minimum Gasteiger partial charge on any atom is -0.481 e. The Kier molecular flexibility index (Phi) is 6.53. The molecule has 0 spiro atoms. The van der Waals surface area contributed by atoms with Crippen LogP contribution in [0.5, 0.6) is 11.5 Å². The predicted octanol–water partition coefficient (Wildman–Crippen LogP) is 4.24. The Morgan fingerprint density at radius 3 is 2.62 bits per heavy atom. The molecule has 0 radical (unpaired) electrons. The van der Waals surface area contributed by atoms with Crippen LogP contribution in [-0.4, -0.2) is 31.7 Å². The number of hydrogen-bond donors (Lipinski definition) is 2. The molecule has 3 aromatic rings. The number of ether oxygens (including phenoxy) is 1. The summed E-state index contributed by atoms with van der Waals surface area (Å²) in [6.45, 7) is 5.88. The number of carbonyl (C=O) groups is 2. The molecule has 2 aromatic carbocycles. The average Bonchev–Trinajstić information content (AvgIpc) is 3.19. The Morgan fingerprint density at radius 1 is 1.19 bits per heavy atom. The second kappa shape index (κ2) is 9.29. The van der Waals surface area contributed by atoms with Crippen molar-refractivity contribution in [3.8, 4) is 11.5 Å². The summed E-state index contributed by atoms with van der Waals surface area (Å²) in [7, 11) is 0. The summed E-state index contributed by atoms with van der Waals surface area (Å²) in [6, 6.07) is 9.28. The number of amides is 1. The van der Waals surface area contributed by atoms with Crippen molar-refractivity contribution in [2.75, 3.05) is 5.32 Å². The largest absolute Gasteiger partial charge is 0.481 e. The zero-order chi connectivity index (χ0) is 23.4. The van der Waals surface area contributed by atoms with Crippen LogP contribution >= 0.6 is 0 Å². The molecule has 0 aliphatic carbocycles. The van der Waals surface area contributed by atoms with Crippen molar-refractivity contribution in [1.82, 2.24) is 9.78 Å². The van der Waals surface area contributed by atoms with Crippen LogP contribution in [0.3, 0.4) is 0 Å². The minimum absolute atomic E-state index is 0.0505. The molecule has 10 heteroatoms. The Balaban J connectivity index is 1.84. The molecular weight excluding hydrogens is 416 g/mol. The Morgan fingerprint density at radius 2 is 1.94 bits per heavy atom. The van der Waals surface area contributed by atoms with Crippen LogP contribution in [0.4, 0.5) is 11.4 Å². The summed E-state index contributed by atoms with van der Waals surface area (Å²) < 4.78 is 7.26. The van der Waals surface area contributed by atoms with Gasteiger partial charge in [-0.2, -0.15) is 5.10 Å². The quantitative estimate of drug-likeness (QED) is 0.396. The molecule has 1 heterocycles. The summed E-state index contributed by atoms with van der Waals surface area (Å²) in [6.07, 6.45) is 1.36. The van der Waals surface area contributed by atoms with Gasteiger partial charge in [-0.3, -0.25) is 24.4 Å². The lowest BCUT2D eigenvalue weighted by atomic mass is 10.1. The lowest BCUT2D eigenvalue weighted by Crippen LogP contribution is -2.14. The zero-order valence-electron chi connectivity index (χ0n) is 17.8. The lowest BCUT2D eigenvalue weighted by Gasteiger charge is -2.13. The Labute approximate surface area is 183 Å². The van der Waals surface area contributed by atoms with E-state index in [2.05, 4.69) is 10.4 Å². The van der Waals surface area contributed by atoms with Crippen LogP contribution in [-0.2, 0) is 11.3 Å². The van der Waals surface area contributed by atoms with E-state index in [0.717, 1.165) is 16.7 Å². The van der Waals surface area contributed by atoms with Gasteiger partial charge in [0.05, 0.1) is 29.6 Å². The van der Waals surface area contributed by atoms with Crippen molar-refractivity contribution in [3.63, 3.8) is 0 Å². The smallest absolute Gasteiger partial charge is 0.305 e. The Hall–Kier alpha value is -4.21. The van der Waals surface area contributed by atoms with E-state index in [-0.39, 0.29) is 35.8 Å². The van der Waals surface area contributed by atoms with Gasteiger partial charge in [0.25, 0.3) is 11.6 Å². The molecule has 0 fully saturated rings. The highest BCUT2D eigenvalue weighted by molar-refractivity contribution is 6.03. The van der Waals surface area contributed by atoms with Gasteiger partial charge in [-0.1, -0.05) is 6.07 Å². The molecule has 0 aliphatic heterocycles. The van der Waals surface area contributed by atoms with E-state index < -0.39 is 16.8 Å². The van der Waals surface area contributed by atoms with Crippen LogP contribution in [0.15, 0.2) is 42.6 Å². The monoisotopic (exact) mass is 438 g/mol. The number of nitro groups is 1. The maximum Gasteiger partial charge on any atom is 0.305 e. The molecular formula is C22H22N4O6. The summed E-state index contributed by atoms with van der Waals surface area (Å²) in [4.78, 5) is 34.0. The summed E-state index contributed by atoms with van der Waals surface area (Å²) >= 11 is 0. The molecule has 0 atom stereocenters. The molecule has 1 amide bonds. The van der Waals surface area contributed by atoms with E-state index in [1.807, 2.05) is 32.9 Å². The molecule has 0 bridgehead atoms. The molecule has 0 unspecified atom stereocenters. The fourth-order valence-corrected chi connectivity index (χ4v) is 3.07. The molecule has 3 rings (SSSR count). The number of carboxylic acids is 1. The second-order valence-corrected chi connectivity index (χ2v) is 7.34. The molecule has 1 aromatic heterocycles. The zero-order valence-corrected chi connectivity index (χ0v) is 17.8. The van der Waals surface area contributed by atoms with Crippen molar-refractivity contribution < 1.29 is 24.4 Å². The van der Waals surface area contributed by atoms with Crippen LogP contribution in [0, 0.1) is 30.9 Å². The van der Waals surface area contributed by atoms with E-state index in [0.29, 0.717) is 5.75 Å². The van der Waals surface area contributed by atoms with Crippen LogP contribution in [0.2, 0.25) is 0 Å². The standard InChI is InChI=1S/C22H22N4O6/c1-13-8-14(2)15(3)20(9-13)32-18-11-16(10-17(12-18)26(30)31)23-22(29)19-4-6-25(24-19)7-5-21(27)28/h4,6,8-12H,5,7H2,1-3H3,(H,23,29)(H,27,28). The molecule has 166 valence electrons. The van der Waals surface area contributed by atoms with Crippen LogP contribution in [0.1, 0.15) is 33.6 Å². The normalized spacial score (nSPS) is 10.6. The number of aryl methyl sites for hydroxylation is 3. The number of rotatable bonds is 8. The molecule has 0 saturated carbocycles. The first-order chi connectivity index (χ1) is 15.1. The second-order valence-electron chi connectivity index (χ2n) is 7.34. The maximum atomic E-state index is 12.5. The van der Waals surface area contributed by atoms with Crippen molar-refractivity contribution in [2.45, 2.75) is 33.7 Å². The number of nitrogens with one attached hydrogen (secondary N) is 1. The highest BCUT2D eigenvalue weighted by Gasteiger charge is 2.16. The highest BCUT2D eigenvalue weighted by atomic mass is 16.6. The minimum atomic E-state index is -0.977. The number of nitrogens with zero attached hydrogens (tertiary/aromatic N) is 3.